The van der Waals surface area contributed by atoms with Crippen molar-refractivity contribution in [3.8, 4) is 0 Å². The number of thioether (sulfide) groups is 1. The first-order valence-electron chi connectivity index (χ1n) is 8.50. The molecule has 7 heteroatoms. The summed E-state index contributed by atoms with van der Waals surface area (Å²) in [5, 5.41) is 9.87. The second-order valence-electron chi connectivity index (χ2n) is 6.18. The minimum atomic E-state index is 0.0806. The van der Waals surface area contributed by atoms with E-state index in [-0.39, 0.29) is 17.1 Å². The summed E-state index contributed by atoms with van der Waals surface area (Å²) in [5.41, 5.74) is 8.57. The Morgan fingerprint density at radius 1 is 1.32 bits per heavy atom. The summed E-state index contributed by atoms with van der Waals surface area (Å²) in [6, 6.07) is 8.17. The highest BCUT2D eigenvalue weighted by atomic mass is 32.2. The molecule has 1 amide bonds. The summed E-state index contributed by atoms with van der Waals surface area (Å²) in [7, 11) is 0. The number of carbonyl (C=O) groups excluding carboxylic acids is 1. The van der Waals surface area contributed by atoms with Gasteiger partial charge in [0.15, 0.2) is 0 Å². The van der Waals surface area contributed by atoms with Gasteiger partial charge in [-0.3, -0.25) is 10.2 Å². The number of nitrogens with one attached hydrogen (secondary N) is 1. The van der Waals surface area contributed by atoms with E-state index in [4.69, 9.17) is 15.9 Å². The molecule has 0 radical (unpaired) electrons. The minimum absolute atomic E-state index is 0.0806. The van der Waals surface area contributed by atoms with Crippen LogP contribution in [0.4, 0.5) is 5.69 Å². The Balaban J connectivity index is 1.59. The Labute approximate surface area is 152 Å². The lowest BCUT2D eigenvalue weighted by atomic mass is 10.1. The van der Waals surface area contributed by atoms with Crippen LogP contribution in [-0.4, -0.2) is 48.3 Å². The Morgan fingerprint density at radius 3 is 2.64 bits per heavy atom. The number of carbonyl (C=O) groups is 1. The number of hydrogen-bond acceptors (Lipinski definition) is 5. The SMILES string of the molecule is CC1SC=C(C(=N)N)N1c1ccc(CCC(=O)N2CCOCC2)cc1. The molecule has 1 unspecified atom stereocenters. The van der Waals surface area contributed by atoms with Crippen molar-refractivity contribution < 1.29 is 9.53 Å². The minimum Gasteiger partial charge on any atom is -0.382 e. The van der Waals surface area contributed by atoms with Crippen LogP contribution in [0.2, 0.25) is 0 Å². The van der Waals surface area contributed by atoms with E-state index in [1.165, 1.54) is 0 Å². The van der Waals surface area contributed by atoms with Crippen LogP contribution in [0.25, 0.3) is 0 Å². The number of amides is 1. The molecular formula is C18H24N4O2S. The highest BCUT2D eigenvalue weighted by Gasteiger charge is 2.26. The molecule has 3 N–H and O–H groups in total. The molecule has 1 fully saturated rings. The van der Waals surface area contributed by atoms with Crippen molar-refractivity contribution in [2.75, 3.05) is 31.2 Å². The molecule has 1 aromatic rings. The number of anilines is 1. The van der Waals surface area contributed by atoms with Gasteiger partial charge in [-0.2, -0.15) is 0 Å². The topological polar surface area (TPSA) is 82.7 Å². The second kappa shape index (κ2) is 7.93. The molecule has 0 spiro atoms. The maximum absolute atomic E-state index is 12.2. The number of morpholine rings is 1. The highest BCUT2D eigenvalue weighted by molar-refractivity contribution is 8.03. The van der Waals surface area contributed by atoms with E-state index in [9.17, 15) is 4.79 Å². The number of aryl methyl sites for hydroxylation is 1. The Hall–Kier alpha value is -1.99. The van der Waals surface area contributed by atoms with Crippen molar-refractivity contribution in [2.24, 2.45) is 5.73 Å². The van der Waals surface area contributed by atoms with Crippen molar-refractivity contribution >= 4 is 29.2 Å². The molecule has 1 saturated heterocycles. The van der Waals surface area contributed by atoms with Crippen LogP contribution in [0.5, 0.6) is 0 Å². The van der Waals surface area contributed by atoms with Gasteiger partial charge in [0.2, 0.25) is 5.91 Å². The third-order valence-electron chi connectivity index (χ3n) is 4.48. The van der Waals surface area contributed by atoms with Gasteiger partial charge in [0.05, 0.1) is 24.3 Å². The number of amidine groups is 1. The van der Waals surface area contributed by atoms with Crippen molar-refractivity contribution in [1.29, 1.82) is 5.41 Å². The van der Waals surface area contributed by atoms with E-state index in [2.05, 4.69) is 24.0 Å². The fraction of sp³-hybridized carbons (Fsp3) is 0.444. The standard InChI is InChI=1S/C18H24N4O2S/c1-13-22(16(12-25-13)18(19)20)15-5-2-14(3-6-15)4-7-17(23)21-8-10-24-11-9-21/h2-3,5-6,12-13H,4,7-11H2,1H3,(H3,19,20). The lowest BCUT2D eigenvalue weighted by molar-refractivity contribution is -0.135. The molecule has 0 bridgehead atoms. The molecule has 25 heavy (non-hydrogen) atoms. The molecule has 0 saturated carbocycles. The highest BCUT2D eigenvalue weighted by Crippen LogP contribution is 2.35. The molecule has 0 aliphatic carbocycles. The van der Waals surface area contributed by atoms with Gasteiger partial charge in [-0.1, -0.05) is 12.1 Å². The van der Waals surface area contributed by atoms with Gasteiger partial charge in [-0.05, 0) is 31.0 Å². The zero-order valence-corrected chi connectivity index (χ0v) is 15.2. The zero-order valence-electron chi connectivity index (χ0n) is 14.4. The predicted octanol–water partition coefficient (Wildman–Crippen LogP) is 2.15. The molecule has 2 aliphatic heterocycles. The van der Waals surface area contributed by atoms with Gasteiger partial charge in [0.1, 0.15) is 5.84 Å². The van der Waals surface area contributed by atoms with Gasteiger partial charge in [0.25, 0.3) is 0 Å². The Morgan fingerprint density at radius 2 is 2.00 bits per heavy atom. The third kappa shape index (κ3) is 4.16. The molecule has 0 aromatic heterocycles. The van der Waals surface area contributed by atoms with Crippen molar-refractivity contribution in [3.63, 3.8) is 0 Å². The van der Waals surface area contributed by atoms with E-state index in [1.807, 2.05) is 22.4 Å². The normalized spacial score (nSPS) is 20.5. The van der Waals surface area contributed by atoms with Crippen molar-refractivity contribution in [1.82, 2.24) is 4.90 Å². The third-order valence-corrected chi connectivity index (χ3v) is 5.45. The van der Waals surface area contributed by atoms with Crippen LogP contribution in [-0.2, 0) is 16.0 Å². The van der Waals surface area contributed by atoms with Crippen LogP contribution >= 0.6 is 11.8 Å². The molecule has 2 aliphatic rings. The lowest BCUT2D eigenvalue weighted by Crippen LogP contribution is -2.40. The smallest absolute Gasteiger partial charge is 0.223 e. The van der Waals surface area contributed by atoms with Crippen LogP contribution in [0.15, 0.2) is 35.4 Å². The summed E-state index contributed by atoms with van der Waals surface area (Å²) in [4.78, 5) is 16.2. The monoisotopic (exact) mass is 360 g/mol. The summed E-state index contributed by atoms with van der Waals surface area (Å²) in [6.45, 7) is 4.76. The van der Waals surface area contributed by atoms with E-state index < -0.39 is 0 Å². The molecule has 134 valence electrons. The number of rotatable bonds is 5. The zero-order chi connectivity index (χ0) is 17.8. The Kier molecular flexibility index (Phi) is 5.65. The number of nitrogens with zero attached hydrogens (tertiary/aromatic N) is 2. The van der Waals surface area contributed by atoms with E-state index in [1.54, 1.807) is 11.8 Å². The van der Waals surface area contributed by atoms with Crippen LogP contribution in [0, 0.1) is 5.41 Å². The van der Waals surface area contributed by atoms with Crippen LogP contribution < -0.4 is 10.6 Å². The molecule has 1 aromatic carbocycles. The van der Waals surface area contributed by atoms with E-state index >= 15 is 0 Å². The van der Waals surface area contributed by atoms with Crippen LogP contribution in [0.3, 0.4) is 0 Å². The first-order valence-corrected chi connectivity index (χ1v) is 9.44. The average Bonchev–Trinajstić information content (AvgIpc) is 3.03. The number of nitrogens with two attached hydrogens (primary N) is 1. The van der Waals surface area contributed by atoms with Gasteiger partial charge in [-0.25, -0.2) is 0 Å². The van der Waals surface area contributed by atoms with Gasteiger partial charge < -0.3 is 20.3 Å². The van der Waals surface area contributed by atoms with E-state index in [0.717, 1.165) is 23.4 Å². The summed E-state index contributed by atoms with van der Waals surface area (Å²) >= 11 is 1.65. The van der Waals surface area contributed by atoms with Gasteiger partial charge in [-0.15, -0.1) is 11.8 Å². The second-order valence-corrected chi connectivity index (χ2v) is 7.37. The lowest BCUT2D eigenvalue weighted by Gasteiger charge is -2.27. The van der Waals surface area contributed by atoms with Crippen molar-refractivity contribution in [3.05, 3.63) is 40.9 Å². The number of ether oxygens (including phenoxy) is 1. The molecule has 2 heterocycles. The molecular weight excluding hydrogens is 336 g/mol. The number of hydrogen-bond donors (Lipinski definition) is 2. The van der Waals surface area contributed by atoms with E-state index in [0.29, 0.717) is 32.7 Å². The summed E-state index contributed by atoms with van der Waals surface area (Å²) < 4.78 is 5.28. The maximum Gasteiger partial charge on any atom is 0.223 e. The van der Waals surface area contributed by atoms with Gasteiger partial charge >= 0.3 is 0 Å². The van der Waals surface area contributed by atoms with Crippen molar-refractivity contribution in [2.45, 2.75) is 25.1 Å². The first kappa shape index (κ1) is 17.8. The number of benzene rings is 1. The summed E-state index contributed by atoms with van der Waals surface area (Å²) in [5.74, 6) is 0.274. The quantitative estimate of drug-likeness (QED) is 0.621. The first-order chi connectivity index (χ1) is 12.1. The van der Waals surface area contributed by atoms with Crippen LogP contribution in [0.1, 0.15) is 18.9 Å². The largest absolute Gasteiger partial charge is 0.382 e. The van der Waals surface area contributed by atoms with Gasteiger partial charge in [0, 0.05) is 30.6 Å². The maximum atomic E-state index is 12.2. The average molecular weight is 360 g/mol. The molecule has 3 rings (SSSR count). The fourth-order valence-electron chi connectivity index (χ4n) is 3.06. The fourth-order valence-corrected chi connectivity index (χ4v) is 3.99. The molecule has 1 atom stereocenters. The molecule has 6 nitrogen and oxygen atoms in total. The summed E-state index contributed by atoms with van der Waals surface area (Å²) in [6.07, 6.45) is 1.25. The Bertz CT molecular complexity index is 668. The predicted molar refractivity (Wildman–Crippen MR) is 102 cm³/mol.